The lowest BCUT2D eigenvalue weighted by molar-refractivity contribution is 0.287. The number of hydrogen-bond donors (Lipinski definition) is 1. The summed E-state index contributed by atoms with van der Waals surface area (Å²) in [7, 11) is 6.49. The van der Waals surface area contributed by atoms with Crippen LogP contribution in [0.1, 0.15) is 16.7 Å². The van der Waals surface area contributed by atoms with Crippen LogP contribution in [0.15, 0.2) is 54.6 Å². The number of hydrogen-bond acceptors (Lipinski definition) is 7. The molecule has 0 aliphatic heterocycles. The first-order chi connectivity index (χ1) is 15.6. The van der Waals surface area contributed by atoms with Gasteiger partial charge >= 0.3 is 0 Å². The summed E-state index contributed by atoms with van der Waals surface area (Å²) in [4.78, 5) is 0. The smallest absolute Gasteiger partial charge is 0.123 e. The van der Waals surface area contributed by atoms with Crippen molar-refractivity contribution in [3.63, 3.8) is 0 Å². The molecule has 0 unspecified atom stereocenters. The fraction of sp³-hybridized carbons (Fsp3) is 0.280. The van der Waals surface area contributed by atoms with Gasteiger partial charge < -0.3 is 28.4 Å². The predicted molar refractivity (Wildman–Crippen MR) is 127 cm³/mol. The van der Waals surface area contributed by atoms with Crippen LogP contribution in [0.4, 0.5) is 0 Å². The molecular weight excluding hydrogens is 428 g/mol. The molecule has 32 heavy (non-hydrogen) atoms. The van der Waals surface area contributed by atoms with Gasteiger partial charge in [-0.1, -0.05) is 0 Å². The Labute approximate surface area is 194 Å². The predicted octanol–water partition coefficient (Wildman–Crippen LogP) is 5.31. The van der Waals surface area contributed by atoms with Gasteiger partial charge in [-0.15, -0.1) is 0 Å². The Morgan fingerprint density at radius 3 is 1.09 bits per heavy atom. The summed E-state index contributed by atoms with van der Waals surface area (Å²) in [5.41, 5.74) is 2.86. The number of benzene rings is 3. The van der Waals surface area contributed by atoms with E-state index < -0.39 is 0 Å². The molecule has 3 aromatic rings. The summed E-state index contributed by atoms with van der Waals surface area (Å²) in [5.74, 6) is 4.80. The van der Waals surface area contributed by atoms with Crippen molar-refractivity contribution in [1.29, 1.82) is 0 Å². The van der Waals surface area contributed by atoms with Crippen molar-refractivity contribution in [1.82, 2.24) is 0 Å². The van der Waals surface area contributed by atoms with E-state index >= 15 is 0 Å². The third kappa shape index (κ3) is 6.40. The summed E-state index contributed by atoms with van der Waals surface area (Å²) in [6.45, 7) is 0.714. The number of thiol groups is 1. The first kappa shape index (κ1) is 23.5. The molecule has 0 fully saturated rings. The highest BCUT2D eigenvalue weighted by Gasteiger charge is 2.08. The van der Waals surface area contributed by atoms with Crippen molar-refractivity contribution < 1.29 is 28.4 Å². The summed E-state index contributed by atoms with van der Waals surface area (Å²) in [6.07, 6.45) is 0. The van der Waals surface area contributed by atoms with Crippen molar-refractivity contribution in [2.45, 2.75) is 19.0 Å². The number of methoxy groups -OCH3 is 4. The lowest BCUT2D eigenvalue weighted by Crippen LogP contribution is -2.00. The lowest BCUT2D eigenvalue weighted by atomic mass is 10.2. The molecule has 0 saturated carbocycles. The van der Waals surface area contributed by atoms with Gasteiger partial charge in [-0.3, -0.25) is 0 Å². The molecule has 0 spiro atoms. The van der Waals surface area contributed by atoms with Crippen LogP contribution in [0.25, 0.3) is 0 Å². The molecule has 0 aliphatic carbocycles. The van der Waals surface area contributed by atoms with Gasteiger partial charge in [0, 0.05) is 24.0 Å². The topological polar surface area (TPSA) is 55.4 Å². The average Bonchev–Trinajstić information content (AvgIpc) is 2.85. The minimum atomic E-state index is 0.357. The van der Waals surface area contributed by atoms with Crippen LogP contribution in [-0.4, -0.2) is 28.4 Å². The van der Waals surface area contributed by atoms with Crippen LogP contribution in [-0.2, 0) is 19.0 Å². The van der Waals surface area contributed by atoms with Crippen molar-refractivity contribution in [2.75, 3.05) is 28.4 Å². The Balaban J connectivity index is 1.73. The summed E-state index contributed by atoms with van der Waals surface area (Å²) >= 11 is 4.41. The molecule has 0 atom stereocenters. The molecule has 170 valence electrons. The van der Waals surface area contributed by atoms with E-state index in [0.717, 1.165) is 16.7 Å². The van der Waals surface area contributed by atoms with Gasteiger partial charge in [-0.25, -0.2) is 0 Å². The van der Waals surface area contributed by atoms with Gasteiger partial charge in [0.05, 0.1) is 28.4 Å². The van der Waals surface area contributed by atoms with E-state index in [4.69, 9.17) is 28.4 Å². The van der Waals surface area contributed by atoms with Crippen LogP contribution < -0.4 is 28.4 Å². The molecular formula is C25H28O6S. The maximum Gasteiger partial charge on any atom is 0.123 e. The van der Waals surface area contributed by atoms with Crippen molar-refractivity contribution in [3.05, 3.63) is 71.3 Å². The molecule has 0 amide bonds. The zero-order valence-electron chi connectivity index (χ0n) is 18.7. The van der Waals surface area contributed by atoms with E-state index in [1.165, 1.54) is 0 Å². The SMILES string of the molecule is COc1cc(COc2cc(CS)cc(OCc3cc(OC)cc(OC)c3)c2)cc(OC)c1. The Morgan fingerprint density at radius 2 is 0.781 bits per heavy atom. The summed E-state index contributed by atoms with van der Waals surface area (Å²) < 4.78 is 33.4. The Morgan fingerprint density at radius 1 is 0.469 bits per heavy atom. The Bertz CT molecular complexity index is 915. The maximum atomic E-state index is 6.03. The van der Waals surface area contributed by atoms with Crippen LogP contribution in [0, 0.1) is 0 Å². The Hall–Kier alpha value is -3.19. The second-order valence-electron chi connectivity index (χ2n) is 6.99. The normalized spacial score (nSPS) is 10.4. The van der Waals surface area contributed by atoms with Gasteiger partial charge in [-0.05, 0) is 53.1 Å². The molecule has 7 heteroatoms. The van der Waals surface area contributed by atoms with E-state index in [1.807, 2.05) is 54.6 Å². The van der Waals surface area contributed by atoms with Gasteiger partial charge in [0.1, 0.15) is 47.7 Å². The standard InChI is InChI=1S/C25H28O6S/c1-26-20-5-17(6-21(11-20)27-2)14-30-24-9-19(16-32)10-25(13-24)31-15-18-7-22(28-3)12-23(8-18)29-4/h5-13,32H,14-16H2,1-4H3. The summed E-state index contributed by atoms with van der Waals surface area (Å²) in [5, 5.41) is 0. The van der Waals surface area contributed by atoms with E-state index in [-0.39, 0.29) is 0 Å². The van der Waals surface area contributed by atoms with Crippen LogP contribution in [0.2, 0.25) is 0 Å². The number of ether oxygens (including phenoxy) is 6. The molecule has 0 saturated heterocycles. The van der Waals surface area contributed by atoms with E-state index in [2.05, 4.69) is 12.6 Å². The van der Waals surface area contributed by atoms with Gasteiger partial charge in [0.15, 0.2) is 0 Å². The second kappa shape index (κ2) is 11.4. The molecule has 6 nitrogen and oxygen atoms in total. The maximum absolute atomic E-state index is 6.03. The fourth-order valence-corrected chi connectivity index (χ4v) is 3.30. The highest BCUT2D eigenvalue weighted by Crippen LogP contribution is 2.28. The minimum Gasteiger partial charge on any atom is -0.497 e. The molecule has 0 bridgehead atoms. The zero-order chi connectivity index (χ0) is 22.9. The molecule has 0 N–H and O–H groups in total. The van der Waals surface area contributed by atoms with E-state index in [9.17, 15) is 0 Å². The van der Waals surface area contributed by atoms with Crippen molar-refractivity contribution in [3.8, 4) is 34.5 Å². The summed E-state index contributed by atoms with van der Waals surface area (Å²) in [6, 6.07) is 17.1. The second-order valence-corrected chi connectivity index (χ2v) is 7.31. The highest BCUT2D eigenvalue weighted by atomic mass is 32.1. The highest BCUT2D eigenvalue weighted by molar-refractivity contribution is 7.79. The van der Waals surface area contributed by atoms with E-state index in [1.54, 1.807) is 28.4 Å². The molecule has 3 aromatic carbocycles. The van der Waals surface area contributed by atoms with E-state index in [0.29, 0.717) is 53.5 Å². The van der Waals surface area contributed by atoms with Gasteiger partial charge in [0.25, 0.3) is 0 Å². The molecule has 0 heterocycles. The minimum absolute atomic E-state index is 0.357. The number of rotatable bonds is 11. The first-order valence-electron chi connectivity index (χ1n) is 10.0. The quantitative estimate of drug-likeness (QED) is 0.395. The largest absolute Gasteiger partial charge is 0.497 e. The average molecular weight is 457 g/mol. The molecule has 0 aliphatic rings. The molecule has 0 radical (unpaired) electrons. The molecule has 0 aromatic heterocycles. The Kier molecular flexibility index (Phi) is 8.39. The zero-order valence-corrected chi connectivity index (χ0v) is 19.6. The van der Waals surface area contributed by atoms with Gasteiger partial charge in [-0.2, -0.15) is 12.6 Å². The van der Waals surface area contributed by atoms with Crippen LogP contribution >= 0.6 is 12.6 Å². The monoisotopic (exact) mass is 456 g/mol. The third-order valence-electron chi connectivity index (χ3n) is 4.76. The first-order valence-corrected chi connectivity index (χ1v) is 10.6. The fourth-order valence-electron chi connectivity index (χ4n) is 3.12. The van der Waals surface area contributed by atoms with Gasteiger partial charge in [0.2, 0.25) is 0 Å². The van der Waals surface area contributed by atoms with Crippen LogP contribution in [0.5, 0.6) is 34.5 Å². The van der Waals surface area contributed by atoms with Crippen LogP contribution in [0.3, 0.4) is 0 Å². The lowest BCUT2D eigenvalue weighted by Gasteiger charge is -2.14. The third-order valence-corrected chi connectivity index (χ3v) is 5.12. The van der Waals surface area contributed by atoms with Crippen molar-refractivity contribution in [2.24, 2.45) is 0 Å². The molecule has 3 rings (SSSR count). The van der Waals surface area contributed by atoms with Crippen molar-refractivity contribution >= 4 is 12.6 Å².